The molecule has 0 bridgehead atoms. The van der Waals surface area contributed by atoms with Gasteiger partial charge in [-0.1, -0.05) is 30.0 Å². The van der Waals surface area contributed by atoms with E-state index < -0.39 is 11.9 Å². The van der Waals surface area contributed by atoms with Crippen LogP contribution in [0.3, 0.4) is 0 Å². The lowest BCUT2D eigenvalue weighted by atomic mass is 10.1. The third kappa shape index (κ3) is 3.00. The summed E-state index contributed by atoms with van der Waals surface area (Å²) >= 11 is 1.34. The van der Waals surface area contributed by atoms with Crippen molar-refractivity contribution in [2.75, 3.05) is 0 Å². The molecular weight excluding hydrogens is 274 g/mol. The number of aryl methyl sites for hydroxylation is 1. The lowest BCUT2D eigenvalue weighted by Gasteiger charge is -2.10. The number of carboxylic acid groups (broad SMARTS) is 1. The van der Waals surface area contributed by atoms with Crippen molar-refractivity contribution in [3.63, 3.8) is 0 Å². The summed E-state index contributed by atoms with van der Waals surface area (Å²) in [6.07, 6.45) is 0. The number of hydrogen-bond donors (Lipinski definition) is 2. The highest BCUT2D eigenvalue weighted by atomic mass is 32.2. The molecule has 0 heterocycles. The number of aromatic carboxylic acids is 1. The number of hydrogen-bond acceptors (Lipinski definition) is 3. The molecule has 0 aromatic heterocycles. The maximum atomic E-state index is 11.5. The molecule has 20 heavy (non-hydrogen) atoms. The van der Waals surface area contributed by atoms with Crippen LogP contribution in [0.1, 0.15) is 26.3 Å². The molecule has 102 valence electrons. The minimum atomic E-state index is -0.979. The molecule has 0 radical (unpaired) electrons. The van der Waals surface area contributed by atoms with Crippen molar-refractivity contribution in [2.24, 2.45) is 5.73 Å². The number of benzene rings is 2. The summed E-state index contributed by atoms with van der Waals surface area (Å²) in [6.45, 7) is 1.88. The first-order valence-electron chi connectivity index (χ1n) is 5.89. The molecule has 2 rings (SSSR count). The Bertz CT molecular complexity index is 683. The molecule has 0 aliphatic carbocycles. The van der Waals surface area contributed by atoms with E-state index in [1.54, 1.807) is 30.3 Å². The van der Waals surface area contributed by atoms with Gasteiger partial charge < -0.3 is 10.8 Å². The topological polar surface area (TPSA) is 80.4 Å². The van der Waals surface area contributed by atoms with Crippen molar-refractivity contribution in [1.29, 1.82) is 0 Å². The third-order valence-corrected chi connectivity index (χ3v) is 4.01. The van der Waals surface area contributed by atoms with Gasteiger partial charge in [0.05, 0.1) is 11.1 Å². The molecule has 0 saturated heterocycles. The Morgan fingerprint density at radius 2 is 1.85 bits per heavy atom. The van der Waals surface area contributed by atoms with Crippen molar-refractivity contribution < 1.29 is 14.7 Å². The first kappa shape index (κ1) is 14.1. The lowest BCUT2D eigenvalue weighted by molar-refractivity contribution is 0.0696. The second-order valence-electron chi connectivity index (χ2n) is 4.25. The molecule has 2 aromatic rings. The number of carbonyl (C=O) groups is 2. The summed E-state index contributed by atoms with van der Waals surface area (Å²) < 4.78 is 0. The van der Waals surface area contributed by atoms with Crippen LogP contribution in [0.2, 0.25) is 0 Å². The average Bonchev–Trinajstić information content (AvgIpc) is 2.41. The van der Waals surface area contributed by atoms with Crippen molar-refractivity contribution in [3.05, 3.63) is 59.2 Å². The highest BCUT2D eigenvalue weighted by molar-refractivity contribution is 7.99. The predicted molar refractivity (Wildman–Crippen MR) is 77.2 cm³/mol. The Morgan fingerprint density at radius 1 is 1.15 bits per heavy atom. The van der Waals surface area contributed by atoms with Gasteiger partial charge in [-0.25, -0.2) is 4.79 Å². The van der Waals surface area contributed by atoms with E-state index in [-0.39, 0.29) is 5.56 Å². The molecule has 0 aliphatic rings. The van der Waals surface area contributed by atoms with Crippen LogP contribution in [0.4, 0.5) is 0 Å². The monoisotopic (exact) mass is 287 g/mol. The van der Waals surface area contributed by atoms with Crippen molar-refractivity contribution in [3.8, 4) is 0 Å². The highest BCUT2D eigenvalue weighted by Crippen LogP contribution is 2.33. The van der Waals surface area contributed by atoms with Crippen LogP contribution in [0.15, 0.2) is 52.3 Å². The van der Waals surface area contributed by atoms with E-state index in [0.29, 0.717) is 5.56 Å². The fourth-order valence-electron chi connectivity index (χ4n) is 1.79. The zero-order valence-corrected chi connectivity index (χ0v) is 11.6. The summed E-state index contributed by atoms with van der Waals surface area (Å²) in [4.78, 5) is 23.9. The SMILES string of the molecule is Cc1cccc(C(N)=O)c1Sc1cccc(C(=O)O)c1. The molecule has 4 nitrogen and oxygen atoms in total. The standard InChI is InChI=1S/C15H13NO3S/c1-9-4-2-7-12(14(16)17)13(9)20-11-6-3-5-10(8-11)15(18)19/h2-8H,1H3,(H2,16,17)(H,18,19). The number of carboxylic acids is 1. The van der Waals surface area contributed by atoms with Gasteiger partial charge in [0.1, 0.15) is 0 Å². The molecule has 3 N–H and O–H groups in total. The van der Waals surface area contributed by atoms with E-state index in [9.17, 15) is 9.59 Å². The van der Waals surface area contributed by atoms with Crippen molar-refractivity contribution in [1.82, 2.24) is 0 Å². The van der Waals surface area contributed by atoms with E-state index in [1.807, 2.05) is 13.0 Å². The molecule has 0 atom stereocenters. The Morgan fingerprint density at radius 3 is 2.50 bits per heavy atom. The first-order valence-corrected chi connectivity index (χ1v) is 6.71. The minimum absolute atomic E-state index is 0.212. The molecular formula is C15H13NO3S. The second-order valence-corrected chi connectivity index (χ2v) is 5.33. The van der Waals surface area contributed by atoms with Crippen LogP contribution < -0.4 is 5.73 Å². The van der Waals surface area contributed by atoms with Gasteiger partial charge >= 0.3 is 5.97 Å². The Hall–Kier alpha value is -2.27. The molecule has 0 saturated carbocycles. The van der Waals surface area contributed by atoms with Gasteiger partial charge in [0, 0.05) is 9.79 Å². The van der Waals surface area contributed by atoms with Gasteiger partial charge in [-0.15, -0.1) is 0 Å². The van der Waals surface area contributed by atoms with Crippen LogP contribution in [0.5, 0.6) is 0 Å². The smallest absolute Gasteiger partial charge is 0.335 e. The minimum Gasteiger partial charge on any atom is -0.478 e. The molecule has 0 aliphatic heterocycles. The van der Waals surface area contributed by atoms with Gasteiger partial charge in [-0.05, 0) is 36.8 Å². The van der Waals surface area contributed by atoms with Gasteiger partial charge in [0.25, 0.3) is 0 Å². The van der Waals surface area contributed by atoms with Gasteiger partial charge in [0.2, 0.25) is 5.91 Å². The number of nitrogens with two attached hydrogens (primary N) is 1. The number of rotatable bonds is 4. The molecule has 2 aromatic carbocycles. The van der Waals surface area contributed by atoms with E-state index in [2.05, 4.69) is 0 Å². The van der Waals surface area contributed by atoms with Gasteiger partial charge in [0.15, 0.2) is 0 Å². The quantitative estimate of drug-likeness (QED) is 0.906. The summed E-state index contributed by atoms with van der Waals surface area (Å²) in [6, 6.07) is 11.9. The van der Waals surface area contributed by atoms with E-state index >= 15 is 0 Å². The maximum Gasteiger partial charge on any atom is 0.335 e. The zero-order chi connectivity index (χ0) is 14.7. The van der Waals surface area contributed by atoms with Crippen LogP contribution in [0.25, 0.3) is 0 Å². The van der Waals surface area contributed by atoms with Crippen LogP contribution in [-0.4, -0.2) is 17.0 Å². The Balaban J connectivity index is 2.42. The van der Waals surface area contributed by atoms with Crippen LogP contribution in [0, 0.1) is 6.92 Å². The largest absolute Gasteiger partial charge is 0.478 e. The number of amides is 1. The molecule has 0 spiro atoms. The summed E-state index contributed by atoms with van der Waals surface area (Å²) in [7, 11) is 0. The van der Waals surface area contributed by atoms with Crippen molar-refractivity contribution >= 4 is 23.6 Å². The third-order valence-electron chi connectivity index (χ3n) is 2.78. The fraction of sp³-hybridized carbons (Fsp3) is 0.0667. The summed E-state index contributed by atoms with van der Waals surface area (Å²) in [5.41, 5.74) is 6.94. The maximum absolute atomic E-state index is 11.5. The number of primary amides is 1. The summed E-state index contributed by atoms with van der Waals surface area (Å²) in [5.74, 6) is -1.47. The predicted octanol–water partition coefficient (Wildman–Crippen LogP) is 2.94. The van der Waals surface area contributed by atoms with E-state index in [4.69, 9.17) is 10.8 Å². The van der Waals surface area contributed by atoms with Crippen LogP contribution >= 0.6 is 11.8 Å². The van der Waals surface area contributed by atoms with Gasteiger partial charge in [-0.3, -0.25) is 4.79 Å². The van der Waals surface area contributed by atoms with E-state index in [1.165, 1.54) is 17.8 Å². The number of carbonyl (C=O) groups excluding carboxylic acids is 1. The normalized spacial score (nSPS) is 10.2. The molecule has 0 unspecified atom stereocenters. The lowest BCUT2D eigenvalue weighted by Crippen LogP contribution is -2.12. The van der Waals surface area contributed by atoms with E-state index in [0.717, 1.165) is 15.4 Å². The molecule has 5 heteroatoms. The molecule has 1 amide bonds. The highest BCUT2D eigenvalue weighted by Gasteiger charge is 2.12. The van der Waals surface area contributed by atoms with Gasteiger partial charge in [-0.2, -0.15) is 0 Å². The second kappa shape index (κ2) is 5.79. The Labute approximate surface area is 120 Å². The van der Waals surface area contributed by atoms with Crippen LogP contribution in [-0.2, 0) is 0 Å². The molecule has 0 fully saturated rings. The first-order chi connectivity index (χ1) is 9.49. The summed E-state index contributed by atoms with van der Waals surface area (Å²) in [5, 5.41) is 8.99. The fourth-order valence-corrected chi connectivity index (χ4v) is 2.87. The average molecular weight is 287 g/mol. The van der Waals surface area contributed by atoms with Crippen molar-refractivity contribution in [2.45, 2.75) is 16.7 Å². The Kier molecular flexibility index (Phi) is 4.10. The zero-order valence-electron chi connectivity index (χ0n) is 10.8.